The Morgan fingerprint density at radius 3 is 1.26 bits per heavy atom. The first-order chi connectivity index (χ1) is 13.2. The van der Waals surface area contributed by atoms with Gasteiger partial charge in [0, 0.05) is 13.8 Å². The van der Waals surface area contributed by atoms with Crippen LogP contribution in [-0.4, -0.2) is 16.6 Å². The number of halogens is 4. The predicted molar refractivity (Wildman–Crippen MR) is 114 cm³/mol. The third-order valence-electron chi connectivity index (χ3n) is 3.28. The molecule has 0 atom stereocenters. The summed E-state index contributed by atoms with van der Waals surface area (Å²) in [5.74, 6) is -0.254. The third-order valence-corrected chi connectivity index (χ3v) is 3.72. The van der Waals surface area contributed by atoms with Crippen LogP contribution in [0.5, 0.6) is 0 Å². The molecule has 0 N–H and O–H groups in total. The van der Waals surface area contributed by atoms with E-state index in [1.807, 2.05) is 50.2 Å². The van der Waals surface area contributed by atoms with E-state index < -0.39 is 0 Å². The van der Waals surface area contributed by atoms with Crippen molar-refractivity contribution in [3.05, 3.63) is 99.3 Å². The average molecular weight is 541 g/mol. The van der Waals surface area contributed by atoms with Crippen LogP contribution in [0.3, 0.4) is 0 Å². The van der Waals surface area contributed by atoms with E-state index in [2.05, 4.69) is 17.1 Å². The molecule has 0 aliphatic rings. The van der Waals surface area contributed by atoms with E-state index in [1.54, 1.807) is 18.2 Å². The van der Waals surface area contributed by atoms with Crippen molar-refractivity contribution in [2.75, 3.05) is 0 Å². The fourth-order valence-electron chi connectivity index (χ4n) is 1.92. The van der Waals surface area contributed by atoms with Gasteiger partial charge < -0.3 is 24.8 Å². The summed E-state index contributed by atoms with van der Waals surface area (Å²) in [5.41, 5.74) is 2.83. The molecule has 0 saturated heterocycles. The Hall–Kier alpha value is -1.39. The third kappa shape index (κ3) is 15.1. The second-order valence-electron chi connectivity index (χ2n) is 5.88. The van der Waals surface area contributed by atoms with Crippen LogP contribution in [0.15, 0.2) is 54.6 Å². The quantitative estimate of drug-likeness (QED) is 0.268. The van der Waals surface area contributed by atoms with Gasteiger partial charge in [0.25, 0.3) is 0 Å². The van der Waals surface area contributed by atoms with E-state index in [1.165, 1.54) is 13.8 Å². The Morgan fingerprint density at radius 2 is 1.03 bits per heavy atom. The molecule has 0 fully saturated rings. The first kappa shape index (κ1) is 34.2. The van der Waals surface area contributed by atoms with Crippen LogP contribution in [0.25, 0.3) is 0 Å². The summed E-state index contributed by atoms with van der Waals surface area (Å²) < 4.78 is 0. The topological polar surface area (TPSA) is 47.0 Å². The van der Waals surface area contributed by atoms with Crippen LogP contribution in [0.4, 0.5) is 0 Å². The van der Waals surface area contributed by atoms with Crippen LogP contribution < -0.4 is 24.8 Å². The molecular formula is C23H21Cl4FeNO2. The molecule has 8 heteroatoms. The molecule has 3 aromatic rings. The van der Waals surface area contributed by atoms with Crippen LogP contribution in [-0.2, 0) is 17.1 Å². The summed E-state index contributed by atoms with van der Waals surface area (Å²) in [6.45, 7) is 6.77. The molecule has 0 bridgehead atoms. The number of ketones is 2. The van der Waals surface area contributed by atoms with Gasteiger partial charge in [-0.1, -0.05) is 30.0 Å². The molecule has 0 spiro atoms. The zero-order valence-corrected chi connectivity index (χ0v) is 21.5. The minimum Gasteiger partial charge on any atom is -1.00 e. The van der Waals surface area contributed by atoms with Gasteiger partial charge in [0.1, 0.15) is 11.4 Å². The number of benzene rings is 2. The fraction of sp³-hybridized carbons (Fsp3) is 0.174. The van der Waals surface area contributed by atoms with Gasteiger partial charge >= 0.3 is 17.1 Å². The summed E-state index contributed by atoms with van der Waals surface area (Å²) in [6, 6.07) is 22.1. The van der Waals surface area contributed by atoms with E-state index in [4.69, 9.17) is 23.2 Å². The molecule has 0 saturated carbocycles. The van der Waals surface area contributed by atoms with Crippen LogP contribution in [0.1, 0.15) is 46.0 Å². The zero-order chi connectivity index (χ0) is 21.1. The molecule has 1 aromatic heterocycles. The van der Waals surface area contributed by atoms with Gasteiger partial charge in [-0.05, 0) is 12.1 Å². The number of carbonyl (C=O) groups is 2. The Balaban J connectivity index is -0.000000372. The second-order valence-corrected chi connectivity index (χ2v) is 6.70. The number of carbonyl (C=O) groups excluding carboxylic acids is 2. The molecule has 0 radical (unpaired) electrons. The van der Waals surface area contributed by atoms with Crippen molar-refractivity contribution < 1.29 is 51.5 Å². The van der Waals surface area contributed by atoms with Gasteiger partial charge in [0.15, 0.2) is 11.6 Å². The SMILES string of the molecule is CC(=O)c1cccc(C(C)=O)n1.Cc1[c-]c(Cl)ccc1.Cc1[c-]c(Cl)ccc1.[Cl-].[Cl-].[Fe+4]. The minimum absolute atomic E-state index is 0. The predicted octanol–water partition coefficient (Wildman–Crippen LogP) is 0.390. The Labute approximate surface area is 217 Å². The first-order valence-corrected chi connectivity index (χ1v) is 9.22. The maximum atomic E-state index is 10.8. The zero-order valence-electron chi connectivity index (χ0n) is 17.3. The molecule has 3 rings (SSSR count). The van der Waals surface area contributed by atoms with Crippen molar-refractivity contribution in [3.63, 3.8) is 0 Å². The number of Topliss-reactive ketones (excluding diaryl/α,β-unsaturated/α-hetero) is 2. The summed E-state index contributed by atoms with van der Waals surface area (Å²) in [5, 5.41) is 1.37. The second kappa shape index (κ2) is 18.2. The minimum atomic E-state index is -0.127. The number of pyridine rings is 1. The van der Waals surface area contributed by atoms with E-state index >= 15 is 0 Å². The maximum absolute atomic E-state index is 10.8. The van der Waals surface area contributed by atoms with Crippen molar-refractivity contribution in [2.24, 2.45) is 0 Å². The van der Waals surface area contributed by atoms with Crippen molar-refractivity contribution in [3.8, 4) is 0 Å². The van der Waals surface area contributed by atoms with Crippen molar-refractivity contribution in [2.45, 2.75) is 27.7 Å². The fourth-order valence-corrected chi connectivity index (χ4v) is 2.37. The molecule has 0 amide bonds. The average Bonchev–Trinajstić information content (AvgIpc) is 2.62. The molecule has 0 aliphatic carbocycles. The van der Waals surface area contributed by atoms with Gasteiger partial charge in [-0.3, -0.25) is 9.59 Å². The van der Waals surface area contributed by atoms with Gasteiger partial charge in [-0.2, -0.15) is 59.7 Å². The first-order valence-electron chi connectivity index (χ1n) is 8.47. The largest absolute Gasteiger partial charge is 4.00 e. The maximum Gasteiger partial charge on any atom is 4.00 e. The molecule has 0 unspecified atom stereocenters. The van der Waals surface area contributed by atoms with Crippen LogP contribution in [0, 0.1) is 26.0 Å². The Kier molecular flexibility index (Phi) is 20.1. The van der Waals surface area contributed by atoms with Gasteiger partial charge in [-0.15, -0.1) is 23.2 Å². The van der Waals surface area contributed by atoms with Crippen molar-refractivity contribution in [1.29, 1.82) is 0 Å². The number of nitrogens with zero attached hydrogens (tertiary/aromatic N) is 1. The normalized spacial score (nSPS) is 8.45. The summed E-state index contributed by atoms with van der Waals surface area (Å²) in [6.07, 6.45) is 0. The summed E-state index contributed by atoms with van der Waals surface area (Å²) in [7, 11) is 0. The number of hydrogen-bond donors (Lipinski definition) is 0. The molecule has 166 valence electrons. The van der Waals surface area contributed by atoms with E-state index in [0.29, 0.717) is 21.4 Å². The number of hydrogen-bond acceptors (Lipinski definition) is 3. The Morgan fingerprint density at radius 1 is 0.710 bits per heavy atom. The molecule has 0 aliphatic heterocycles. The smallest absolute Gasteiger partial charge is 1.00 e. The van der Waals surface area contributed by atoms with Crippen LogP contribution in [0.2, 0.25) is 10.0 Å². The monoisotopic (exact) mass is 539 g/mol. The number of rotatable bonds is 2. The summed E-state index contributed by atoms with van der Waals surface area (Å²) in [4.78, 5) is 25.6. The van der Waals surface area contributed by atoms with Gasteiger partial charge in [0.05, 0.1) is 0 Å². The standard InChI is InChI=1S/C9H9NO2.2C7H6Cl.2ClH.Fe/c1-6(11)8-4-3-5-9(10-8)7(2)12;2*1-6-3-2-4-7(8)5-6;;;/h3-5H,1-2H3;2*2-4H,1H3;2*1H;/q;2*-1;;;+4/p-2. The van der Waals surface area contributed by atoms with E-state index in [9.17, 15) is 9.59 Å². The van der Waals surface area contributed by atoms with Crippen molar-refractivity contribution in [1.82, 2.24) is 4.98 Å². The Bertz CT molecular complexity index is 845. The molecule has 1 heterocycles. The van der Waals surface area contributed by atoms with Crippen molar-refractivity contribution >= 4 is 34.8 Å². The molecule has 3 nitrogen and oxygen atoms in total. The summed E-state index contributed by atoms with van der Waals surface area (Å²) >= 11 is 11.2. The molecule has 2 aromatic carbocycles. The van der Waals surface area contributed by atoms with Crippen LogP contribution >= 0.6 is 23.2 Å². The van der Waals surface area contributed by atoms with Gasteiger partial charge in [0.2, 0.25) is 0 Å². The molecular weight excluding hydrogens is 520 g/mol. The number of aryl methyl sites for hydroxylation is 2. The van der Waals surface area contributed by atoms with E-state index in [-0.39, 0.29) is 53.4 Å². The van der Waals surface area contributed by atoms with Gasteiger partial charge in [-0.25, -0.2) is 4.98 Å². The molecule has 31 heavy (non-hydrogen) atoms. The number of aromatic nitrogens is 1. The van der Waals surface area contributed by atoms with E-state index in [0.717, 1.165) is 11.1 Å².